The van der Waals surface area contributed by atoms with E-state index in [2.05, 4.69) is 52.6 Å². The molecule has 2 aromatic carbocycles. The minimum absolute atomic E-state index is 0.362. The second-order valence-electron chi connectivity index (χ2n) is 5.98. The van der Waals surface area contributed by atoms with Crippen molar-refractivity contribution in [3.05, 3.63) is 71.5 Å². The van der Waals surface area contributed by atoms with Gasteiger partial charge >= 0.3 is 5.97 Å². The van der Waals surface area contributed by atoms with Gasteiger partial charge in [-0.1, -0.05) is 6.07 Å². The van der Waals surface area contributed by atoms with Crippen LogP contribution in [0, 0.1) is 13.8 Å². The van der Waals surface area contributed by atoms with Crippen molar-refractivity contribution in [1.29, 1.82) is 0 Å². The number of esters is 1. The van der Waals surface area contributed by atoms with E-state index in [0.717, 1.165) is 11.4 Å². The van der Waals surface area contributed by atoms with Crippen molar-refractivity contribution in [3.8, 4) is 0 Å². The lowest BCUT2D eigenvalue weighted by molar-refractivity contribution is 0.0601. The number of nitrogens with one attached hydrogen (secondary N) is 2. The third kappa shape index (κ3) is 4.36. The van der Waals surface area contributed by atoms with E-state index in [-0.39, 0.29) is 5.97 Å². The van der Waals surface area contributed by atoms with Crippen molar-refractivity contribution in [2.24, 2.45) is 0 Å². The second kappa shape index (κ2) is 7.65. The molecule has 0 saturated heterocycles. The number of carbonyl (C=O) groups excluding carboxylic acids is 1. The van der Waals surface area contributed by atoms with Crippen LogP contribution in [0.2, 0.25) is 0 Å². The minimum Gasteiger partial charge on any atom is -0.465 e. The third-order valence-corrected chi connectivity index (χ3v) is 3.74. The van der Waals surface area contributed by atoms with Gasteiger partial charge in [0.15, 0.2) is 0 Å². The average Bonchev–Trinajstić information content (AvgIpc) is 2.61. The Balaban J connectivity index is 1.74. The van der Waals surface area contributed by atoms with E-state index in [4.69, 9.17) is 4.74 Å². The smallest absolute Gasteiger partial charge is 0.337 e. The van der Waals surface area contributed by atoms with E-state index >= 15 is 0 Å². The van der Waals surface area contributed by atoms with Gasteiger partial charge < -0.3 is 15.4 Å². The molecule has 0 aliphatic rings. The highest BCUT2D eigenvalue weighted by molar-refractivity contribution is 5.89. The molecule has 6 heteroatoms. The van der Waals surface area contributed by atoms with Crippen LogP contribution in [0.1, 0.15) is 21.5 Å². The predicted octanol–water partition coefficient (Wildman–Crippen LogP) is 4.37. The first-order valence-corrected chi connectivity index (χ1v) is 8.16. The zero-order valence-corrected chi connectivity index (χ0v) is 14.9. The molecule has 1 heterocycles. The number of benzene rings is 2. The molecular weight excluding hydrogens is 328 g/mol. The maximum atomic E-state index is 11.5. The van der Waals surface area contributed by atoms with Crippen molar-refractivity contribution >= 4 is 29.0 Å². The molecule has 0 aliphatic heterocycles. The quantitative estimate of drug-likeness (QED) is 0.667. The van der Waals surface area contributed by atoms with E-state index in [1.807, 2.05) is 6.07 Å². The number of methoxy groups -OCH3 is 1. The Labute approximate surface area is 152 Å². The van der Waals surface area contributed by atoms with Crippen LogP contribution in [0.3, 0.4) is 0 Å². The first-order chi connectivity index (χ1) is 12.5. The summed E-state index contributed by atoms with van der Waals surface area (Å²) in [5, 5.41) is 6.48. The van der Waals surface area contributed by atoms with Crippen molar-refractivity contribution in [3.63, 3.8) is 0 Å². The number of aromatic nitrogens is 2. The first-order valence-electron chi connectivity index (χ1n) is 8.16. The van der Waals surface area contributed by atoms with Crippen molar-refractivity contribution in [1.82, 2.24) is 9.97 Å². The molecule has 0 radical (unpaired) electrons. The van der Waals surface area contributed by atoms with Gasteiger partial charge in [-0.2, -0.15) is 0 Å². The van der Waals surface area contributed by atoms with Crippen LogP contribution < -0.4 is 10.6 Å². The molecule has 26 heavy (non-hydrogen) atoms. The summed E-state index contributed by atoms with van der Waals surface area (Å²) in [5.41, 5.74) is 4.66. The summed E-state index contributed by atoms with van der Waals surface area (Å²) in [6.45, 7) is 4.12. The first kappa shape index (κ1) is 17.4. The Kier molecular flexibility index (Phi) is 5.12. The van der Waals surface area contributed by atoms with E-state index in [0.29, 0.717) is 17.2 Å². The van der Waals surface area contributed by atoms with Crippen molar-refractivity contribution in [2.45, 2.75) is 13.8 Å². The van der Waals surface area contributed by atoms with Crippen LogP contribution in [0.4, 0.5) is 23.0 Å². The summed E-state index contributed by atoms with van der Waals surface area (Å²) >= 11 is 0. The summed E-state index contributed by atoms with van der Waals surface area (Å²) in [5.74, 6) is 0.981. The fraction of sp³-hybridized carbons (Fsp3) is 0.150. The molecule has 0 saturated carbocycles. The number of hydrogen-bond acceptors (Lipinski definition) is 6. The summed E-state index contributed by atoms with van der Waals surface area (Å²) in [6.07, 6.45) is 1.50. The normalized spacial score (nSPS) is 10.3. The van der Waals surface area contributed by atoms with Crippen molar-refractivity contribution in [2.75, 3.05) is 17.7 Å². The minimum atomic E-state index is -0.362. The molecule has 0 aliphatic carbocycles. The summed E-state index contributed by atoms with van der Waals surface area (Å²) < 4.78 is 4.70. The van der Waals surface area contributed by atoms with Crippen LogP contribution in [-0.2, 0) is 4.74 Å². The fourth-order valence-electron chi connectivity index (χ4n) is 2.64. The zero-order chi connectivity index (χ0) is 18.5. The molecule has 2 N–H and O–H groups in total. The number of carbonyl (C=O) groups is 1. The molecule has 1 aromatic heterocycles. The van der Waals surface area contributed by atoms with Gasteiger partial charge in [0.2, 0.25) is 0 Å². The lowest BCUT2D eigenvalue weighted by Gasteiger charge is -2.10. The second-order valence-corrected chi connectivity index (χ2v) is 5.98. The predicted molar refractivity (Wildman–Crippen MR) is 102 cm³/mol. The number of hydrogen-bond donors (Lipinski definition) is 2. The van der Waals surface area contributed by atoms with Gasteiger partial charge in [-0.05, 0) is 61.4 Å². The monoisotopic (exact) mass is 348 g/mol. The van der Waals surface area contributed by atoms with Crippen molar-refractivity contribution < 1.29 is 9.53 Å². The highest BCUT2D eigenvalue weighted by Gasteiger charge is 2.05. The number of rotatable bonds is 5. The molecule has 3 aromatic rings. The number of ether oxygens (including phenoxy) is 1. The van der Waals surface area contributed by atoms with Crippen LogP contribution in [-0.4, -0.2) is 23.0 Å². The molecule has 0 bridgehead atoms. The third-order valence-electron chi connectivity index (χ3n) is 3.74. The van der Waals surface area contributed by atoms with Gasteiger partial charge in [-0.3, -0.25) is 0 Å². The number of aryl methyl sites for hydroxylation is 2. The summed E-state index contributed by atoms with van der Waals surface area (Å²) in [6, 6.07) is 15.1. The SMILES string of the molecule is COC(=O)c1ccc(Nc2cc(Nc3cc(C)cc(C)c3)ncn2)cc1. The number of nitrogens with zero attached hydrogens (tertiary/aromatic N) is 2. The molecule has 0 fully saturated rings. The van der Waals surface area contributed by atoms with Gasteiger partial charge in [0.1, 0.15) is 18.0 Å². The summed E-state index contributed by atoms with van der Waals surface area (Å²) in [7, 11) is 1.36. The Hall–Kier alpha value is -3.41. The molecule has 0 amide bonds. The van der Waals surface area contributed by atoms with E-state index < -0.39 is 0 Å². The maximum absolute atomic E-state index is 11.5. The Morgan fingerprint density at radius 2 is 1.42 bits per heavy atom. The lowest BCUT2D eigenvalue weighted by atomic mass is 10.1. The molecule has 132 valence electrons. The van der Waals surface area contributed by atoms with Gasteiger partial charge in [0, 0.05) is 17.4 Å². The van der Waals surface area contributed by atoms with Crippen LogP contribution in [0.25, 0.3) is 0 Å². The standard InChI is InChI=1S/C20H20N4O2/c1-13-8-14(2)10-17(9-13)24-19-11-18(21-12-22-19)23-16-6-4-15(5-7-16)20(25)26-3/h4-12H,1-3H3,(H2,21,22,23,24). The highest BCUT2D eigenvalue weighted by Crippen LogP contribution is 2.21. The molecule has 3 rings (SSSR count). The molecule has 6 nitrogen and oxygen atoms in total. The van der Waals surface area contributed by atoms with Crippen LogP contribution in [0.15, 0.2) is 54.9 Å². The zero-order valence-electron chi connectivity index (χ0n) is 14.9. The maximum Gasteiger partial charge on any atom is 0.337 e. The van der Waals surface area contributed by atoms with Gasteiger partial charge in [0.05, 0.1) is 12.7 Å². The van der Waals surface area contributed by atoms with Gasteiger partial charge in [-0.15, -0.1) is 0 Å². The van der Waals surface area contributed by atoms with Crippen LogP contribution in [0.5, 0.6) is 0 Å². The fourth-order valence-corrected chi connectivity index (χ4v) is 2.64. The van der Waals surface area contributed by atoms with E-state index in [9.17, 15) is 4.79 Å². The number of anilines is 4. The average molecular weight is 348 g/mol. The highest BCUT2D eigenvalue weighted by atomic mass is 16.5. The summed E-state index contributed by atoms with van der Waals surface area (Å²) in [4.78, 5) is 20.0. The Bertz CT molecular complexity index is 903. The van der Waals surface area contributed by atoms with Crippen LogP contribution >= 0.6 is 0 Å². The lowest BCUT2D eigenvalue weighted by Crippen LogP contribution is -2.02. The molecule has 0 atom stereocenters. The van der Waals surface area contributed by atoms with E-state index in [1.54, 1.807) is 24.3 Å². The Morgan fingerprint density at radius 1 is 0.846 bits per heavy atom. The van der Waals surface area contributed by atoms with E-state index in [1.165, 1.54) is 24.6 Å². The largest absolute Gasteiger partial charge is 0.465 e. The van der Waals surface area contributed by atoms with Gasteiger partial charge in [-0.25, -0.2) is 14.8 Å². The Morgan fingerprint density at radius 3 is 2.00 bits per heavy atom. The molecule has 0 unspecified atom stereocenters. The molecular formula is C20H20N4O2. The topological polar surface area (TPSA) is 76.1 Å². The molecule has 0 spiro atoms. The van der Waals surface area contributed by atoms with Gasteiger partial charge in [0.25, 0.3) is 0 Å².